The van der Waals surface area contributed by atoms with Crippen LogP contribution in [0.2, 0.25) is 0 Å². The zero-order valence-electron chi connectivity index (χ0n) is 8.90. The van der Waals surface area contributed by atoms with Gasteiger partial charge in [-0.1, -0.05) is 6.42 Å². The highest BCUT2D eigenvalue weighted by molar-refractivity contribution is 7.07. The normalized spacial score (nSPS) is 29.1. The first-order chi connectivity index (χ1) is 7.14. The molecule has 2 nitrogen and oxygen atoms in total. The number of carbonyl (C=O) groups excluding carboxylic acids is 1. The fourth-order valence-electron chi connectivity index (χ4n) is 2.29. The van der Waals surface area contributed by atoms with Gasteiger partial charge in [-0.25, -0.2) is 0 Å². The minimum atomic E-state index is -0.628. The summed E-state index contributed by atoms with van der Waals surface area (Å²) in [6.45, 7) is 1.90. The number of aliphatic hydroxyl groups is 1. The highest BCUT2D eigenvalue weighted by Gasteiger charge is 2.42. The van der Waals surface area contributed by atoms with Crippen LogP contribution in [0.1, 0.15) is 44.3 Å². The van der Waals surface area contributed by atoms with Crippen LogP contribution >= 0.6 is 11.3 Å². The monoisotopic (exact) mass is 224 g/mol. The highest BCUT2D eigenvalue weighted by atomic mass is 32.1. The molecule has 15 heavy (non-hydrogen) atoms. The van der Waals surface area contributed by atoms with E-state index in [4.69, 9.17) is 0 Å². The largest absolute Gasteiger partial charge is 0.387 e. The molecule has 0 bridgehead atoms. The number of hydrogen-bond donors (Lipinski definition) is 1. The maximum absolute atomic E-state index is 11.9. The zero-order valence-corrected chi connectivity index (χ0v) is 9.72. The van der Waals surface area contributed by atoms with Crippen molar-refractivity contribution in [1.82, 2.24) is 0 Å². The van der Waals surface area contributed by atoms with Gasteiger partial charge in [0.15, 0.2) is 0 Å². The fourth-order valence-corrected chi connectivity index (χ4v) is 2.97. The molecule has 0 radical (unpaired) electrons. The molecule has 1 heterocycles. The second-order valence-electron chi connectivity index (χ2n) is 4.51. The van der Waals surface area contributed by atoms with Crippen LogP contribution in [0.25, 0.3) is 0 Å². The third-order valence-electron chi connectivity index (χ3n) is 3.45. The third kappa shape index (κ3) is 1.86. The molecule has 1 fully saturated rings. The van der Waals surface area contributed by atoms with E-state index in [9.17, 15) is 9.90 Å². The average molecular weight is 224 g/mol. The van der Waals surface area contributed by atoms with Gasteiger partial charge < -0.3 is 5.11 Å². The van der Waals surface area contributed by atoms with Gasteiger partial charge in [0.25, 0.3) is 0 Å². The predicted octanol–water partition coefficient (Wildman–Crippen LogP) is 2.93. The van der Waals surface area contributed by atoms with Crippen molar-refractivity contribution in [2.24, 2.45) is 5.41 Å². The number of rotatable bonds is 2. The van der Waals surface area contributed by atoms with E-state index >= 15 is 0 Å². The maximum atomic E-state index is 11.9. The lowest BCUT2D eigenvalue weighted by molar-refractivity contribution is -0.138. The van der Waals surface area contributed by atoms with Crippen molar-refractivity contribution in [3.05, 3.63) is 22.4 Å². The Bertz CT molecular complexity index is 345. The predicted molar refractivity (Wildman–Crippen MR) is 60.9 cm³/mol. The Morgan fingerprint density at radius 1 is 1.53 bits per heavy atom. The van der Waals surface area contributed by atoms with Crippen molar-refractivity contribution in [1.29, 1.82) is 0 Å². The summed E-state index contributed by atoms with van der Waals surface area (Å²) >= 11 is 1.56. The Hall–Kier alpha value is -0.670. The second kappa shape index (κ2) is 4.06. The molecule has 0 amide bonds. The van der Waals surface area contributed by atoms with E-state index in [0.29, 0.717) is 6.42 Å². The van der Waals surface area contributed by atoms with Crippen molar-refractivity contribution in [2.75, 3.05) is 0 Å². The number of aliphatic hydroxyl groups excluding tert-OH is 1. The zero-order chi connectivity index (χ0) is 10.9. The van der Waals surface area contributed by atoms with Gasteiger partial charge in [-0.2, -0.15) is 11.3 Å². The first kappa shape index (κ1) is 10.8. The summed E-state index contributed by atoms with van der Waals surface area (Å²) in [5.41, 5.74) is 0.331. The van der Waals surface area contributed by atoms with Crippen molar-refractivity contribution >= 4 is 17.1 Å². The van der Waals surface area contributed by atoms with Crippen molar-refractivity contribution in [2.45, 2.75) is 38.7 Å². The molecule has 2 rings (SSSR count). The lowest BCUT2D eigenvalue weighted by Crippen LogP contribution is -2.36. The quantitative estimate of drug-likeness (QED) is 0.838. The van der Waals surface area contributed by atoms with Crippen LogP contribution in [-0.4, -0.2) is 10.9 Å². The molecular formula is C12H16O2S. The highest BCUT2D eigenvalue weighted by Crippen LogP contribution is 2.43. The molecular weight excluding hydrogens is 208 g/mol. The van der Waals surface area contributed by atoms with Gasteiger partial charge >= 0.3 is 0 Å². The molecule has 0 saturated heterocycles. The summed E-state index contributed by atoms with van der Waals surface area (Å²) in [7, 11) is 0. The molecule has 0 aliphatic heterocycles. The number of Topliss-reactive ketones (excluding diaryl/α,β-unsaturated/α-hetero) is 1. The Labute approximate surface area is 93.9 Å². The summed E-state index contributed by atoms with van der Waals surface area (Å²) < 4.78 is 0. The van der Waals surface area contributed by atoms with Gasteiger partial charge in [0.05, 0.1) is 11.5 Å². The molecule has 1 aromatic heterocycles. The molecule has 0 aromatic carbocycles. The van der Waals surface area contributed by atoms with Gasteiger partial charge in [0, 0.05) is 6.42 Å². The number of carbonyl (C=O) groups is 1. The molecule has 1 aliphatic rings. The van der Waals surface area contributed by atoms with E-state index in [0.717, 1.165) is 24.8 Å². The van der Waals surface area contributed by atoms with Crippen LogP contribution in [0.4, 0.5) is 0 Å². The molecule has 0 unspecified atom stereocenters. The minimum absolute atomic E-state index is 0.215. The fraction of sp³-hybridized carbons (Fsp3) is 0.583. The van der Waals surface area contributed by atoms with E-state index in [1.807, 2.05) is 23.8 Å². The summed E-state index contributed by atoms with van der Waals surface area (Å²) in [6, 6.07) is 1.91. The summed E-state index contributed by atoms with van der Waals surface area (Å²) in [5.74, 6) is 0.215. The SMILES string of the molecule is C[C@@]1([C@@H](O)c2ccsc2)CCCCC1=O. The first-order valence-electron chi connectivity index (χ1n) is 5.38. The Balaban J connectivity index is 2.24. The van der Waals surface area contributed by atoms with Crippen LogP contribution in [-0.2, 0) is 4.79 Å². The van der Waals surface area contributed by atoms with E-state index < -0.39 is 11.5 Å². The van der Waals surface area contributed by atoms with Crippen LogP contribution in [0.3, 0.4) is 0 Å². The lowest BCUT2D eigenvalue weighted by atomic mass is 9.69. The number of ketones is 1. The minimum Gasteiger partial charge on any atom is -0.387 e. The van der Waals surface area contributed by atoms with Crippen molar-refractivity contribution in [3.63, 3.8) is 0 Å². The molecule has 0 spiro atoms. The number of hydrogen-bond acceptors (Lipinski definition) is 3. The second-order valence-corrected chi connectivity index (χ2v) is 5.29. The van der Waals surface area contributed by atoms with Gasteiger partial charge in [0.1, 0.15) is 5.78 Å². The summed E-state index contributed by atoms with van der Waals surface area (Å²) in [6.07, 6.45) is 2.82. The number of thiophene rings is 1. The molecule has 82 valence electrons. The van der Waals surface area contributed by atoms with Crippen LogP contribution in [0.15, 0.2) is 16.8 Å². The maximum Gasteiger partial charge on any atom is 0.141 e. The summed E-state index contributed by atoms with van der Waals surface area (Å²) in [5, 5.41) is 14.1. The smallest absolute Gasteiger partial charge is 0.141 e. The summed E-state index contributed by atoms with van der Waals surface area (Å²) in [4.78, 5) is 11.9. The lowest BCUT2D eigenvalue weighted by Gasteiger charge is -2.36. The van der Waals surface area contributed by atoms with E-state index in [1.54, 1.807) is 11.3 Å². The third-order valence-corrected chi connectivity index (χ3v) is 4.15. The molecule has 1 saturated carbocycles. The van der Waals surface area contributed by atoms with Crippen LogP contribution in [0.5, 0.6) is 0 Å². The topological polar surface area (TPSA) is 37.3 Å². The first-order valence-corrected chi connectivity index (χ1v) is 6.32. The van der Waals surface area contributed by atoms with Gasteiger partial charge in [-0.3, -0.25) is 4.79 Å². The van der Waals surface area contributed by atoms with E-state index in [2.05, 4.69) is 0 Å². The Morgan fingerprint density at radius 2 is 2.33 bits per heavy atom. The van der Waals surface area contributed by atoms with Gasteiger partial charge in [0.2, 0.25) is 0 Å². The van der Waals surface area contributed by atoms with E-state index in [1.165, 1.54) is 0 Å². The van der Waals surface area contributed by atoms with Crippen LogP contribution in [0, 0.1) is 5.41 Å². The van der Waals surface area contributed by atoms with Gasteiger partial charge in [-0.05, 0) is 42.2 Å². The van der Waals surface area contributed by atoms with E-state index in [-0.39, 0.29) is 5.78 Å². The van der Waals surface area contributed by atoms with Crippen molar-refractivity contribution < 1.29 is 9.90 Å². The van der Waals surface area contributed by atoms with Crippen LogP contribution < -0.4 is 0 Å². The standard InChI is InChI=1S/C12H16O2S/c1-12(6-3-2-4-10(12)13)11(14)9-5-7-15-8-9/h5,7-8,11,14H,2-4,6H2,1H3/t11-,12+/m0/s1. The molecule has 1 aliphatic carbocycles. The molecule has 1 aromatic rings. The average Bonchev–Trinajstić information content (AvgIpc) is 2.74. The Morgan fingerprint density at radius 3 is 2.93 bits per heavy atom. The Kier molecular flexibility index (Phi) is 2.94. The molecule has 1 N–H and O–H groups in total. The van der Waals surface area contributed by atoms with Crippen molar-refractivity contribution in [3.8, 4) is 0 Å². The van der Waals surface area contributed by atoms with Gasteiger partial charge in [-0.15, -0.1) is 0 Å². The molecule has 3 heteroatoms. The molecule has 2 atom stereocenters.